The summed E-state index contributed by atoms with van der Waals surface area (Å²) in [6.45, 7) is 1.20. The largest absolute Gasteiger partial charge is 0.496 e. The minimum absolute atomic E-state index is 0.424. The van der Waals surface area contributed by atoms with E-state index >= 15 is 0 Å². The first-order valence-corrected chi connectivity index (χ1v) is 7.47. The topological polar surface area (TPSA) is 59.6 Å². The van der Waals surface area contributed by atoms with Crippen molar-refractivity contribution in [2.45, 2.75) is 13.0 Å². The van der Waals surface area contributed by atoms with E-state index in [4.69, 9.17) is 22.1 Å². The standard InChI is InChI=1S/C17H20ClN3O/c1-22-16-11-15(18)8-7-14(16)12-21-17(19)20-10-9-13-5-3-2-4-6-13/h2-8,11H,9-10,12H2,1H3,(H3,19,20,21). The molecule has 2 rings (SSSR count). The predicted octanol–water partition coefficient (Wildman–Crippen LogP) is 3.00. The number of aliphatic imine (C=N–C) groups is 1. The second-order valence-electron chi connectivity index (χ2n) is 4.82. The molecule has 5 heteroatoms. The molecule has 0 aliphatic carbocycles. The van der Waals surface area contributed by atoms with E-state index in [0.29, 0.717) is 23.3 Å². The van der Waals surface area contributed by atoms with Crippen molar-refractivity contribution in [3.63, 3.8) is 0 Å². The van der Waals surface area contributed by atoms with Crippen molar-refractivity contribution in [3.05, 3.63) is 64.7 Å². The van der Waals surface area contributed by atoms with Crippen LogP contribution in [0.1, 0.15) is 11.1 Å². The van der Waals surface area contributed by atoms with Gasteiger partial charge in [0.2, 0.25) is 0 Å². The van der Waals surface area contributed by atoms with Crippen LogP contribution in [0.5, 0.6) is 5.75 Å². The third-order valence-electron chi connectivity index (χ3n) is 3.23. The monoisotopic (exact) mass is 317 g/mol. The summed E-state index contributed by atoms with van der Waals surface area (Å²) in [7, 11) is 1.61. The molecule has 116 valence electrons. The van der Waals surface area contributed by atoms with Gasteiger partial charge in [0.15, 0.2) is 5.96 Å². The molecule has 3 N–H and O–H groups in total. The van der Waals surface area contributed by atoms with Gasteiger partial charge in [0.1, 0.15) is 5.75 Å². The summed E-state index contributed by atoms with van der Waals surface area (Å²) in [5, 5.41) is 3.75. The molecule has 2 aromatic carbocycles. The van der Waals surface area contributed by atoms with Crippen LogP contribution in [0.25, 0.3) is 0 Å². The highest BCUT2D eigenvalue weighted by atomic mass is 35.5. The lowest BCUT2D eigenvalue weighted by atomic mass is 10.1. The van der Waals surface area contributed by atoms with Gasteiger partial charge in [-0.15, -0.1) is 0 Å². The maximum absolute atomic E-state index is 5.93. The fourth-order valence-electron chi connectivity index (χ4n) is 2.05. The number of nitrogens with zero attached hydrogens (tertiary/aromatic N) is 1. The number of halogens is 1. The Morgan fingerprint density at radius 2 is 2.00 bits per heavy atom. The molecule has 0 heterocycles. The van der Waals surface area contributed by atoms with Crippen LogP contribution in [0.15, 0.2) is 53.5 Å². The van der Waals surface area contributed by atoms with E-state index in [1.54, 1.807) is 13.2 Å². The first-order chi connectivity index (χ1) is 10.7. The summed E-state index contributed by atoms with van der Waals surface area (Å²) in [4.78, 5) is 4.32. The van der Waals surface area contributed by atoms with Crippen molar-refractivity contribution < 1.29 is 4.74 Å². The molecule has 0 saturated heterocycles. The molecule has 2 aromatic rings. The van der Waals surface area contributed by atoms with E-state index in [9.17, 15) is 0 Å². The van der Waals surface area contributed by atoms with E-state index < -0.39 is 0 Å². The Morgan fingerprint density at radius 1 is 1.23 bits per heavy atom. The summed E-state index contributed by atoms with van der Waals surface area (Å²) < 4.78 is 5.28. The molecule has 0 spiro atoms. The highest BCUT2D eigenvalue weighted by Crippen LogP contribution is 2.23. The van der Waals surface area contributed by atoms with Gasteiger partial charge in [0.25, 0.3) is 0 Å². The van der Waals surface area contributed by atoms with Gasteiger partial charge in [-0.25, -0.2) is 4.99 Å². The zero-order valence-electron chi connectivity index (χ0n) is 12.6. The van der Waals surface area contributed by atoms with E-state index in [0.717, 1.165) is 18.5 Å². The van der Waals surface area contributed by atoms with Gasteiger partial charge >= 0.3 is 0 Å². The Hall–Kier alpha value is -2.20. The first-order valence-electron chi connectivity index (χ1n) is 7.09. The van der Waals surface area contributed by atoms with Gasteiger partial charge in [-0.3, -0.25) is 0 Å². The van der Waals surface area contributed by atoms with Gasteiger partial charge in [0, 0.05) is 17.1 Å². The third kappa shape index (κ3) is 4.97. The highest BCUT2D eigenvalue weighted by molar-refractivity contribution is 6.30. The molecule has 0 amide bonds. The second kappa shape index (κ2) is 8.29. The molecular formula is C17H20ClN3O. The van der Waals surface area contributed by atoms with Gasteiger partial charge in [0.05, 0.1) is 13.7 Å². The lowest BCUT2D eigenvalue weighted by Gasteiger charge is -2.08. The predicted molar refractivity (Wildman–Crippen MR) is 91.5 cm³/mol. The third-order valence-corrected chi connectivity index (χ3v) is 3.47. The number of hydrogen-bond donors (Lipinski definition) is 2. The molecule has 0 aromatic heterocycles. The summed E-state index contributed by atoms with van der Waals surface area (Å²) in [5.41, 5.74) is 8.09. The second-order valence-corrected chi connectivity index (χ2v) is 5.26. The van der Waals surface area contributed by atoms with Gasteiger partial charge in [-0.1, -0.05) is 48.0 Å². The van der Waals surface area contributed by atoms with Crippen molar-refractivity contribution in [3.8, 4) is 5.75 Å². The molecule has 0 atom stereocenters. The number of hydrogen-bond acceptors (Lipinski definition) is 2. The highest BCUT2D eigenvalue weighted by Gasteiger charge is 2.03. The van der Waals surface area contributed by atoms with Crippen molar-refractivity contribution >= 4 is 17.6 Å². The zero-order valence-corrected chi connectivity index (χ0v) is 13.3. The molecule has 0 unspecified atom stereocenters. The molecule has 22 heavy (non-hydrogen) atoms. The summed E-state index contributed by atoms with van der Waals surface area (Å²) in [6, 6.07) is 15.7. The van der Waals surface area contributed by atoms with Crippen LogP contribution in [0, 0.1) is 0 Å². The van der Waals surface area contributed by atoms with Crippen LogP contribution in [-0.2, 0) is 13.0 Å². The SMILES string of the molecule is COc1cc(Cl)ccc1CN=C(N)NCCc1ccccc1. The van der Waals surface area contributed by atoms with Crippen LogP contribution in [0.2, 0.25) is 5.02 Å². The van der Waals surface area contributed by atoms with Gasteiger partial charge < -0.3 is 15.8 Å². The molecular weight excluding hydrogens is 298 g/mol. The van der Waals surface area contributed by atoms with Crippen molar-refractivity contribution in [1.82, 2.24) is 5.32 Å². The molecule has 0 aliphatic heterocycles. The maximum atomic E-state index is 5.93. The maximum Gasteiger partial charge on any atom is 0.188 e. The molecule has 0 bridgehead atoms. The van der Waals surface area contributed by atoms with E-state index in [1.165, 1.54) is 5.56 Å². The van der Waals surface area contributed by atoms with Crippen molar-refractivity contribution in [2.24, 2.45) is 10.7 Å². The lowest BCUT2D eigenvalue weighted by Crippen LogP contribution is -2.33. The van der Waals surface area contributed by atoms with Gasteiger partial charge in [-0.05, 0) is 24.1 Å². The van der Waals surface area contributed by atoms with Crippen LogP contribution in [-0.4, -0.2) is 19.6 Å². The average molecular weight is 318 g/mol. The molecule has 0 radical (unpaired) electrons. The molecule has 4 nitrogen and oxygen atoms in total. The lowest BCUT2D eigenvalue weighted by molar-refractivity contribution is 0.410. The Morgan fingerprint density at radius 3 is 2.73 bits per heavy atom. The zero-order chi connectivity index (χ0) is 15.8. The number of rotatable bonds is 6. The van der Waals surface area contributed by atoms with Crippen molar-refractivity contribution in [1.29, 1.82) is 0 Å². The molecule has 0 fully saturated rings. The Balaban J connectivity index is 1.85. The van der Waals surface area contributed by atoms with Crippen molar-refractivity contribution in [2.75, 3.05) is 13.7 Å². The minimum atomic E-state index is 0.424. The van der Waals surface area contributed by atoms with Crippen LogP contribution in [0.3, 0.4) is 0 Å². The number of nitrogens with one attached hydrogen (secondary N) is 1. The summed E-state index contributed by atoms with van der Waals surface area (Å²) in [5.74, 6) is 1.14. The quantitative estimate of drug-likeness (QED) is 0.636. The van der Waals surface area contributed by atoms with Crippen LogP contribution < -0.4 is 15.8 Å². The summed E-state index contributed by atoms with van der Waals surface area (Å²) in [6.07, 6.45) is 0.904. The number of ether oxygens (including phenoxy) is 1. The average Bonchev–Trinajstić information content (AvgIpc) is 2.54. The van der Waals surface area contributed by atoms with Crippen LogP contribution >= 0.6 is 11.6 Å². The normalized spacial score (nSPS) is 11.3. The number of nitrogens with two attached hydrogens (primary N) is 1. The number of methoxy groups -OCH3 is 1. The fourth-order valence-corrected chi connectivity index (χ4v) is 2.22. The number of guanidine groups is 1. The first kappa shape index (κ1) is 16.2. The fraction of sp³-hybridized carbons (Fsp3) is 0.235. The van der Waals surface area contributed by atoms with E-state index in [-0.39, 0.29) is 0 Å². The number of benzene rings is 2. The Bertz CT molecular complexity index is 629. The Labute approximate surface area is 136 Å². The summed E-state index contributed by atoms with van der Waals surface area (Å²) >= 11 is 5.93. The van der Waals surface area contributed by atoms with Crippen LogP contribution in [0.4, 0.5) is 0 Å². The van der Waals surface area contributed by atoms with E-state index in [2.05, 4.69) is 22.4 Å². The molecule has 0 saturated carbocycles. The van der Waals surface area contributed by atoms with E-state index in [1.807, 2.05) is 30.3 Å². The van der Waals surface area contributed by atoms with Gasteiger partial charge in [-0.2, -0.15) is 0 Å². The minimum Gasteiger partial charge on any atom is -0.496 e. The smallest absolute Gasteiger partial charge is 0.188 e. The molecule has 0 aliphatic rings. The Kier molecular flexibility index (Phi) is 6.10.